The second-order valence-electron chi connectivity index (χ2n) is 15.5. The van der Waals surface area contributed by atoms with Gasteiger partial charge < -0.3 is 34.8 Å². The van der Waals surface area contributed by atoms with E-state index in [1.54, 1.807) is 0 Å². The van der Waals surface area contributed by atoms with Crippen LogP contribution in [-0.4, -0.2) is 93.3 Å². The molecule has 1 fully saturated rings. The Labute approximate surface area is 331 Å². The largest absolute Gasteiger partial charge is 0.472 e. The van der Waals surface area contributed by atoms with Crippen LogP contribution in [0.1, 0.15) is 194 Å². The molecule has 1 aliphatic rings. The first-order valence-corrected chi connectivity index (χ1v) is 23.3. The first-order valence-electron chi connectivity index (χ1n) is 21.8. The smallest absolute Gasteiger partial charge is 0.462 e. The van der Waals surface area contributed by atoms with Crippen molar-refractivity contribution in [3.8, 4) is 0 Å². The van der Waals surface area contributed by atoms with Gasteiger partial charge in [-0.1, -0.05) is 168 Å². The highest BCUT2D eigenvalue weighted by Crippen LogP contribution is 2.47. The van der Waals surface area contributed by atoms with Crippen molar-refractivity contribution in [2.24, 2.45) is 0 Å². The Balaban J connectivity index is 2.48. The molecule has 1 aliphatic carbocycles. The number of aliphatic hydroxyl groups excluding tert-OH is 4. The van der Waals surface area contributed by atoms with E-state index in [9.17, 15) is 43.9 Å². The average Bonchev–Trinajstić information content (AvgIpc) is 3.16. The number of halogens is 1. The first-order chi connectivity index (χ1) is 26.4. The fourth-order valence-corrected chi connectivity index (χ4v) is 7.82. The summed E-state index contributed by atoms with van der Waals surface area (Å²) >= 11 is 0. The van der Waals surface area contributed by atoms with Crippen LogP contribution in [0.5, 0.6) is 0 Å². The number of carbonyl (C=O) groups excluding carboxylic acids is 2. The molecule has 8 atom stereocenters. The molecule has 0 aromatic carbocycles. The predicted octanol–water partition coefficient (Wildman–Crippen LogP) is 8.70. The summed E-state index contributed by atoms with van der Waals surface area (Å²) in [5.41, 5.74) is 0. The van der Waals surface area contributed by atoms with Gasteiger partial charge >= 0.3 is 19.8 Å². The molecule has 326 valence electrons. The van der Waals surface area contributed by atoms with Gasteiger partial charge in [0.2, 0.25) is 0 Å². The molecule has 5 N–H and O–H groups in total. The predicted molar refractivity (Wildman–Crippen MR) is 211 cm³/mol. The molecule has 0 amide bonds. The molecule has 1 unspecified atom stereocenters. The number of hydrogen-bond acceptors (Lipinski definition) is 11. The monoisotopic (exact) mass is 813 g/mol. The average molecular weight is 813 g/mol. The van der Waals surface area contributed by atoms with Crippen LogP contribution in [0.25, 0.3) is 0 Å². The molecule has 0 aliphatic heterocycles. The van der Waals surface area contributed by atoms with Crippen molar-refractivity contribution in [3.05, 3.63) is 0 Å². The van der Waals surface area contributed by atoms with E-state index in [1.807, 2.05) is 0 Å². The van der Waals surface area contributed by atoms with E-state index in [4.69, 9.17) is 18.5 Å². The molecule has 0 heterocycles. The van der Waals surface area contributed by atoms with Crippen LogP contribution in [0.2, 0.25) is 0 Å². The summed E-state index contributed by atoms with van der Waals surface area (Å²) in [5, 5.41) is 39.7. The van der Waals surface area contributed by atoms with Gasteiger partial charge in [0.1, 0.15) is 37.1 Å². The summed E-state index contributed by atoms with van der Waals surface area (Å²) < 4.78 is 47.5. The van der Waals surface area contributed by atoms with Crippen LogP contribution in [0.15, 0.2) is 0 Å². The molecule has 1 saturated carbocycles. The van der Waals surface area contributed by atoms with E-state index < -0.39 is 75.8 Å². The zero-order valence-corrected chi connectivity index (χ0v) is 35.1. The van der Waals surface area contributed by atoms with Gasteiger partial charge in [0, 0.05) is 12.8 Å². The Kier molecular flexibility index (Phi) is 30.9. The zero-order chi connectivity index (χ0) is 40.7. The van der Waals surface area contributed by atoms with Gasteiger partial charge in [-0.15, -0.1) is 0 Å². The second-order valence-corrected chi connectivity index (χ2v) is 16.9. The van der Waals surface area contributed by atoms with Crippen LogP contribution in [0, 0.1) is 0 Å². The van der Waals surface area contributed by atoms with Crippen LogP contribution < -0.4 is 0 Å². The lowest BCUT2D eigenvalue weighted by molar-refractivity contribution is -0.203. The van der Waals surface area contributed by atoms with Crippen molar-refractivity contribution in [2.45, 2.75) is 236 Å². The molecule has 55 heavy (non-hydrogen) atoms. The zero-order valence-electron chi connectivity index (χ0n) is 34.2. The van der Waals surface area contributed by atoms with E-state index in [0.29, 0.717) is 12.8 Å². The lowest BCUT2D eigenvalue weighted by Gasteiger charge is -2.40. The minimum Gasteiger partial charge on any atom is -0.462 e. The Morgan fingerprint density at radius 3 is 1.35 bits per heavy atom. The highest BCUT2D eigenvalue weighted by molar-refractivity contribution is 7.47. The summed E-state index contributed by atoms with van der Waals surface area (Å²) in [7, 11) is -5.16. The number of carbonyl (C=O) groups is 2. The molecule has 0 aromatic heterocycles. The molecule has 0 saturated heterocycles. The van der Waals surface area contributed by atoms with Crippen LogP contribution >= 0.6 is 7.82 Å². The van der Waals surface area contributed by atoms with E-state index >= 15 is 0 Å². The lowest BCUT2D eigenvalue weighted by Crippen LogP contribution is -2.62. The third-order valence-electron chi connectivity index (χ3n) is 10.4. The Morgan fingerprint density at radius 1 is 0.545 bits per heavy atom. The molecule has 0 aromatic rings. The Morgan fingerprint density at radius 2 is 0.927 bits per heavy atom. The van der Waals surface area contributed by atoms with Crippen LogP contribution in [-0.2, 0) is 32.7 Å². The number of rotatable bonds is 36. The quantitative estimate of drug-likeness (QED) is 0.0230. The molecule has 0 radical (unpaired) electrons. The number of ether oxygens (including phenoxy) is 2. The number of aliphatic hydroxyl groups is 4. The number of hydrogen-bond donors (Lipinski definition) is 5. The van der Waals surface area contributed by atoms with E-state index in [-0.39, 0.29) is 12.8 Å². The van der Waals surface area contributed by atoms with Gasteiger partial charge in [-0.3, -0.25) is 18.6 Å². The second kappa shape index (κ2) is 32.7. The topological polar surface area (TPSA) is 189 Å². The minimum absolute atomic E-state index is 0.0903. The lowest BCUT2D eigenvalue weighted by atomic mass is 9.86. The molecular formula is C41H78FO12P. The number of phosphoric acid groups is 1. The van der Waals surface area contributed by atoms with Gasteiger partial charge in [-0.25, -0.2) is 8.96 Å². The van der Waals surface area contributed by atoms with E-state index in [2.05, 4.69) is 13.8 Å². The molecule has 1 rings (SSSR count). The highest BCUT2D eigenvalue weighted by atomic mass is 31.2. The van der Waals surface area contributed by atoms with Crippen molar-refractivity contribution in [3.63, 3.8) is 0 Å². The van der Waals surface area contributed by atoms with Gasteiger partial charge in [-0.2, -0.15) is 0 Å². The van der Waals surface area contributed by atoms with Crippen molar-refractivity contribution < 1.29 is 62.4 Å². The van der Waals surface area contributed by atoms with Gasteiger partial charge in [-0.05, 0) is 12.8 Å². The van der Waals surface area contributed by atoms with E-state index in [0.717, 1.165) is 44.9 Å². The molecule has 12 nitrogen and oxygen atoms in total. The molecule has 14 heteroatoms. The van der Waals surface area contributed by atoms with Crippen molar-refractivity contribution in [1.82, 2.24) is 0 Å². The van der Waals surface area contributed by atoms with Gasteiger partial charge in [0.25, 0.3) is 0 Å². The molecule has 0 bridgehead atoms. The van der Waals surface area contributed by atoms with Crippen LogP contribution in [0.4, 0.5) is 4.39 Å². The molecular weight excluding hydrogens is 734 g/mol. The maximum atomic E-state index is 14.2. The highest BCUT2D eigenvalue weighted by Gasteiger charge is 2.52. The summed E-state index contributed by atoms with van der Waals surface area (Å²) in [4.78, 5) is 35.5. The maximum absolute atomic E-state index is 14.2. The van der Waals surface area contributed by atoms with Gasteiger partial charge in [0.15, 0.2) is 12.3 Å². The SMILES string of the molecule is CCCCCCCCCCCCCCCC(=O)OC[C@H](COP(=O)(O)O[C@H]1[C@H](O)[C@@H](O)[C@H](O)[C@@H](F)[C@H]1O)OC(=O)CCCCCCCCCCCCCCC. The standard InChI is InChI=1S/C41H78FO12P/c1-3-5-7-9-11-13-15-17-19-21-23-25-27-29-34(43)51-31-33(32-52-55(49,50)54-41-38(46)36(42)37(45)39(47)40(41)48)53-35(44)30-28-26-24-22-20-18-16-14-12-10-8-6-4-2/h33,36-41,45-48H,3-32H2,1-2H3,(H,49,50)/t33-,36-,37-,38-,39+,40-,41-/m1/s1. The van der Waals surface area contributed by atoms with Crippen molar-refractivity contribution in [1.29, 1.82) is 0 Å². The summed E-state index contributed by atoms with van der Waals surface area (Å²) in [5.74, 6) is -1.12. The number of esters is 2. The van der Waals surface area contributed by atoms with Crippen molar-refractivity contribution in [2.75, 3.05) is 13.2 Å². The van der Waals surface area contributed by atoms with Gasteiger partial charge in [0.05, 0.1) is 6.61 Å². The number of unbranched alkanes of at least 4 members (excludes halogenated alkanes) is 24. The maximum Gasteiger partial charge on any atom is 0.472 e. The summed E-state index contributed by atoms with van der Waals surface area (Å²) in [6.07, 6.45) is 15.9. The third-order valence-corrected chi connectivity index (χ3v) is 11.4. The minimum atomic E-state index is -5.16. The fourth-order valence-electron chi connectivity index (χ4n) is 6.85. The summed E-state index contributed by atoms with van der Waals surface area (Å²) in [6.45, 7) is 3.24. The number of alkyl halides is 1. The fraction of sp³-hybridized carbons (Fsp3) is 0.951. The Bertz CT molecular complexity index is 990. The normalized spacial score (nSPS) is 23.0. The first kappa shape index (κ1) is 51.8. The number of phosphoric ester groups is 1. The molecule has 0 spiro atoms. The summed E-state index contributed by atoms with van der Waals surface area (Å²) in [6, 6.07) is 0. The van der Waals surface area contributed by atoms with E-state index in [1.165, 1.54) is 109 Å². The Hall–Kier alpha value is -1.18. The van der Waals surface area contributed by atoms with Crippen LogP contribution in [0.3, 0.4) is 0 Å². The third kappa shape index (κ3) is 25.7. The van der Waals surface area contributed by atoms with Crippen molar-refractivity contribution >= 4 is 19.8 Å².